The number of aliphatic imine (C=N–C) groups is 1. The van der Waals surface area contributed by atoms with Gasteiger partial charge in [-0.05, 0) is 17.0 Å². The second-order valence-corrected chi connectivity index (χ2v) is 9.94. The molecule has 2 aliphatic rings. The van der Waals surface area contributed by atoms with Gasteiger partial charge in [0.2, 0.25) is 11.7 Å². The van der Waals surface area contributed by atoms with Crippen LogP contribution in [0, 0.1) is 5.92 Å². The molecule has 0 saturated heterocycles. The molecule has 0 radical (unpaired) electrons. The third-order valence-corrected chi connectivity index (χ3v) is 6.74. The third kappa shape index (κ3) is 5.96. The van der Waals surface area contributed by atoms with Gasteiger partial charge in [0.15, 0.2) is 0 Å². The maximum Gasteiger partial charge on any atom is 0.255 e. The minimum Gasteiger partial charge on any atom is -0.473 e. The molecule has 40 heavy (non-hydrogen) atoms. The molecule has 2 aliphatic heterocycles. The van der Waals surface area contributed by atoms with Crippen molar-refractivity contribution in [2.24, 2.45) is 10.9 Å². The summed E-state index contributed by atoms with van der Waals surface area (Å²) >= 11 is 0. The minimum atomic E-state index is -1.26. The Bertz CT molecular complexity index is 1310. The van der Waals surface area contributed by atoms with Gasteiger partial charge in [-0.2, -0.15) is 0 Å². The van der Waals surface area contributed by atoms with E-state index in [9.17, 15) is 19.2 Å². The van der Waals surface area contributed by atoms with Crippen molar-refractivity contribution in [2.45, 2.75) is 38.9 Å². The van der Waals surface area contributed by atoms with Crippen LogP contribution in [0.4, 0.5) is 0 Å². The van der Waals surface area contributed by atoms with E-state index in [1.807, 2.05) is 26.0 Å². The van der Waals surface area contributed by atoms with Gasteiger partial charge in [-0.15, -0.1) is 0 Å². The van der Waals surface area contributed by atoms with Crippen molar-refractivity contribution in [3.63, 3.8) is 0 Å². The molecule has 0 saturated carbocycles. The Morgan fingerprint density at radius 2 is 1.73 bits per heavy atom. The number of hydrogen-bond acceptors (Lipinski definition) is 7. The van der Waals surface area contributed by atoms with Crippen molar-refractivity contribution in [2.75, 3.05) is 26.9 Å². The van der Waals surface area contributed by atoms with Crippen LogP contribution in [0.2, 0.25) is 0 Å². The van der Waals surface area contributed by atoms with Crippen molar-refractivity contribution < 1.29 is 28.7 Å². The number of carbonyl (C=O) groups excluding carboxylic acids is 4. The number of hydrogen-bond donors (Lipinski definition) is 1. The zero-order chi connectivity index (χ0) is 28.8. The van der Waals surface area contributed by atoms with Crippen molar-refractivity contribution in [3.05, 3.63) is 78.0 Å². The van der Waals surface area contributed by atoms with Gasteiger partial charge < -0.3 is 19.7 Å². The lowest BCUT2D eigenvalue weighted by atomic mass is 9.89. The summed E-state index contributed by atoms with van der Waals surface area (Å²) in [6.07, 6.45) is 1.59. The maximum absolute atomic E-state index is 14.6. The van der Waals surface area contributed by atoms with Gasteiger partial charge in [-0.1, -0.05) is 74.5 Å². The molecule has 0 fully saturated rings. The Hall–Kier alpha value is -4.31. The van der Waals surface area contributed by atoms with Gasteiger partial charge in [-0.3, -0.25) is 24.1 Å². The van der Waals surface area contributed by atoms with Crippen LogP contribution in [-0.2, 0) is 28.7 Å². The monoisotopic (exact) mass is 546 g/mol. The van der Waals surface area contributed by atoms with Crippen molar-refractivity contribution in [1.29, 1.82) is 0 Å². The van der Waals surface area contributed by atoms with Gasteiger partial charge in [0.25, 0.3) is 17.7 Å². The van der Waals surface area contributed by atoms with Crippen molar-refractivity contribution in [1.82, 2.24) is 15.1 Å². The quantitative estimate of drug-likeness (QED) is 0.490. The molecular formula is C30H34N4O6. The molecule has 0 aliphatic carbocycles. The number of Topliss-reactive ketones (excluding diaryl/α,β-unsaturated/α-hetero) is 1. The molecule has 0 bridgehead atoms. The number of nitrogens with one attached hydrogen (secondary N) is 1. The van der Waals surface area contributed by atoms with E-state index in [0.29, 0.717) is 23.4 Å². The van der Waals surface area contributed by atoms with E-state index in [0.717, 1.165) is 0 Å². The van der Waals surface area contributed by atoms with E-state index in [1.165, 1.54) is 23.8 Å². The highest BCUT2D eigenvalue weighted by Gasteiger charge is 2.49. The molecule has 3 amide bonds. The number of methoxy groups -OCH3 is 1. The minimum absolute atomic E-state index is 0.101. The Morgan fingerprint density at radius 3 is 2.27 bits per heavy atom. The first kappa shape index (κ1) is 28.7. The molecule has 2 heterocycles. The Kier molecular flexibility index (Phi) is 9.11. The Labute approximate surface area is 233 Å². The topological polar surface area (TPSA) is 118 Å². The summed E-state index contributed by atoms with van der Waals surface area (Å²) in [5.74, 6) is -2.20. The number of amides is 3. The van der Waals surface area contributed by atoms with Gasteiger partial charge in [0.05, 0.1) is 18.3 Å². The van der Waals surface area contributed by atoms with Crippen LogP contribution in [-0.4, -0.2) is 78.2 Å². The molecule has 0 aromatic heterocycles. The largest absolute Gasteiger partial charge is 0.473 e. The van der Waals surface area contributed by atoms with Crippen LogP contribution >= 0.6 is 0 Å². The van der Waals surface area contributed by atoms with Crippen LogP contribution in [0.25, 0.3) is 5.70 Å². The number of benzene rings is 2. The number of rotatable bonds is 10. The molecular weight excluding hydrogens is 512 g/mol. The molecule has 2 aromatic rings. The lowest BCUT2D eigenvalue weighted by Gasteiger charge is -2.45. The summed E-state index contributed by atoms with van der Waals surface area (Å²) in [5, 5.41) is 2.90. The lowest BCUT2D eigenvalue weighted by molar-refractivity contribution is -0.149. The second-order valence-electron chi connectivity index (χ2n) is 9.94. The fourth-order valence-electron chi connectivity index (χ4n) is 5.05. The Morgan fingerprint density at radius 1 is 1.07 bits per heavy atom. The second kappa shape index (κ2) is 12.7. The van der Waals surface area contributed by atoms with E-state index in [1.54, 1.807) is 54.7 Å². The molecule has 1 N–H and O–H groups in total. The van der Waals surface area contributed by atoms with Crippen molar-refractivity contribution >= 4 is 35.1 Å². The molecule has 210 valence electrons. The number of ether oxygens (including phenoxy) is 2. The number of ketones is 1. The zero-order valence-corrected chi connectivity index (χ0v) is 23.1. The van der Waals surface area contributed by atoms with E-state index >= 15 is 0 Å². The third-order valence-electron chi connectivity index (χ3n) is 6.74. The summed E-state index contributed by atoms with van der Waals surface area (Å²) in [6, 6.07) is 14.9. The smallest absolute Gasteiger partial charge is 0.255 e. The van der Waals surface area contributed by atoms with Gasteiger partial charge in [0.1, 0.15) is 25.3 Å². The SMILES string of the molecule is COCC(=O)N1C=C(c2ccccc2)N([C@H](C(=O)C2=NCCO2)C(NC(C)=O)c2ccccc2)C(=O)[C@@H]1C(C)C. The first-order valence-corrected chi connectivity index (χ1v) is 13.2. The van der Waals surface area contributed by atoms with Gasteiger partial charge in [-0.25, -0.2) is 4.99 Å². The van der Waals surface area contributed by atoms with E-state index in [2.05, 4.69) is 10.3 Å². The summed E-state index contributed by atoms with van der Waals surface area (Å²) in [7, 11) is 1.41. The zero-order valence-electron chi connectivity index (χ0n) is 23.1. The normalized spacial score (nSPS) is 18.5. The van der Waals surface area contributed by atoms with E-state index in [4.69, 9.17) is 9.47 Å². The average Bonchev–Trinajstić information content (AvgIpc) is 3.49. The highest BCUT2D eigenvalue weighted by molar-refractivity contribution is 6.39. The van der Waals surface area contributed by atoms with Crippen molar-refractivity contribution in [3.8, 4) is 0 Å². The van der Waals surface area contributed by atoms with Crippen LogP contribution in [0.1, 0.15) is 37.9 Å². The molecule has 1 unspecified atom stereocenters. The van der Waals surface area contributed by atoms with E-state index < -0.39 is 35.7 Å². The lowest BCUT2D eigenvalue weighted by Crippen LogP contribution is -2.62. The van der Waals surface area contributed by atoms with Gasteiger partial charge >= 0.3 is 0 Å². The van der Waals surface area contributed by atoms with Crippen LogP contribution in [0.5, 0.6) is 0 Å². The standard InChI is InChI=1S/C30H34N4O6/c1-19(2)26-30(38)34(23(21-11-7-5-8-12-21)17-33(26)24(36)18-39-4)27(28(37)29-31-15-16-40-29)25(32-20(3)35)22-13-9-6-10-14-22/h5-14,17,19,25-27H,15-16,18H2,1-4H3,(H,32,35)/t25?,26-,27-/m0/s1. The molecule has 10 heteroatoms. The van der Waals surface area contributed by atoms with Crippen LogP contribution < -0.4 is 5.32 Å². The molecule has 4 rings (SSSR count). The summed E-state index contributed by atoms with van der Waals surface area (Å²) in [4.78, 5) is 61.5. The summed E-state index contributed by atoms with van der Waals surface area (Å²) in [6.45, 7) is 5.35. The fraction of sp³-hybridized carbons (Fsp3) is 0.367. The van der Waals surface area contributed by atoms with Crippen LogP contribution in [0.15, 0.2) is 71.9 Å². The molecule has 2 aromatic carbocycles. The maximum atomic E-state index is 14.6. The Balaban J connectivity index is 1.98. The molecule has 0 spiro atoms. The highest BCUT2D eigenvalue weighted by atomic mass is 16.5. The van der Waals surface area contributed by atoms with E-state index in [-0.39, 0.29) is 30.9 Å². The van der Waals surface area contributed by atoms with Gasteiger partial charge in [0, 0.05) is 20.2 Å². The fourth-order valence-corrected chi connectivity index (χ4v) is 5.05. The number of carbonyl (C=O) groups is 4. The summed E-state index contributed by atoms with van der Waals surface area (Å²) in [5.41, 5.74) is 1.55. The predicted octanol–water partition coefficient (Wildman–Crippen LogP) is 2.57. The highest BCUT2D eigenvalue weighted by Crippen LogP contribution is 2.36. The first-order chi connectivity index (χ1) is 19.2. The predicted molar refractivity (Wildman–Crippen MR) is 149 cm³/mol. The summed E-state index contributed by atoms with van der Waals surface area (Å²) < 4.78 is 10.7. The average molecular weight is 547 g/mol. The first-order valence-electron chi connectivity index (χ1n) is 13.2. The number of nitrogens with zero attached hydrogens (tertiary/aromatic N) is 3. The molecule has 3 atom stereocenters. The van der Waals surface area contributed by atoms with Crippen LogP contribution in [0.3, 0.4) is 0 Å². The molecule has 10 nitrogen and oxygen atoms in total.